The molecule has 0 radical (unpaired) electrons. The Morgan fingerprint density at radius 3 is 2.88 bits per heavy atom. The minimum absolute atomic E-state index is 0.0736. The molecule has 1 aromatic rings. The standard InChI is InChI=1S/C12H17N3O2/c1-17-8-12(16)15-10-4-2-3-9(5-10)14-11-6-13-7-11/h2-5,11,13-14H,6-8H2,1H3,(H,15,16). The molecule has 0 bridgehead atoms. The van der Waals surface area contributed by atoms with Crippen molar-refractivity contribution in [3.05, 3.63) is 24.3 Å². The van der Waals surface area contributed by atoms with E-state index >= 15 is 0 Å². The molecule has 92 valence electrons. The highest BCUT2D eigenvalue weighted by atomic mass is 16.5. The van der Waals surface area contributed by atoms with Crippen molar-refractivity contribution in [1.82, 2.24) is 5.32 Å². The molecular formula is C12H17N3O2. The number of carbonyl (C=O) groups is 1. The van der Waals surface area contributed by atoms with Crippen molar-refractivity contribution in [3.8, 4) is 0 Å². The fourth-order valence-corrected chi connectivity index (χ4v) is 1.64. The van der Waals surface area contributed by atoms with E-state index in [-0.39, 0.29) is 12.5 Å². The number of amides is 1. The largest absolute Gasteiger partial charge is 0.380 e. The van der Waals surface area contributed by atoms with Crippen LogP contribution in [0.1, 0.15) is 0 Å². The summed E-state index contributed by atoms with van der Waals surface area (Å²) in [6, 6.07) is 8.17. The van der Waals surface area contributed by atoms with E-state index in [9.17, 15) is 4.79 Å². The number of ether oxygens (including phenoxy) is 1. The van der Waals surface area contributed by atoms with E-state index in [1.165, 1.54) is 7.11 Å². The van der Waals surface area contributed by atoms with Crippen LogP contribution < -0.4 is 16.0 Å². The number of nitrogens with one attached hydrogen (secondary N) is 3. The van der Waals surface area contributed by atoms with Crippen molar-refractivity contribution in [2.45, 2.75) is 6.04 Å². The molecule has 3 N–H and O–H groups in total. The van der Waals surface area contributed by atoms with Gasteiger partial charge in [-0.15, -0.1) is 0 Å². The third kappa shape index (κ3) is 3.44. The van der Waals surface area contributed by atoms with Crippen molar-refractivity contribution < 1.29 is 9.53 Å². The first-order valence-electron chi connectivity index (χ1n) is 5.64. The molecule has 5 nitrogen and oxygen atoms in total. The van der Waals surface area contributed by atoms with Crippen LogP contribution in [0.3, 0.4) is 0 Å². The van der Waals surface area contributed by atoms with Crippen LogP contribution in [0.5, 0.6) is 0 Å². The average Bonchev–Trinajstić information content (AvgIpc) is 2.24. The minimum Gasteiger partial charge on any atom is -0.380 e. The summed E-state index contributed by atoms with van der Waals surface area (Å²) in [7, 11) is 1.50. The Bertz CT molecular complexity index is 391. The first-order valence-corrected chi connectivity index (χ1v) is 5.64. The van der Waals surface area contributed by atoms with Crippen LogP contribution in [0.25, 0.3) is 0 Å². The van der Waals surface area contributed by atoms with Crippen molar-refractivity contribution in [1.29, 1.82) is 0 Å². The molecule has 17 heavy (non-hydrogen) atoms. The van der Waals surface area contributed by atoms with E-state index in [4.69, 9.17) is 4.74 Å². The van der Waals surface area contributed by atoms with Gasteiger partial charge in [0.15, 0.2) is 0 Å². The van der Waals surface area contributed by atoms with Gasteiger partial charge in [0.1, 0.15) is 6.61 Å². The maximum Gasteiger partial charge on any atom is 0.250 e. The average molecular weight is 235 g/mol. The lowest BCUT2D eigenvalue weighted by Gasteiger charge is -2.29. The molecule has 1 aromatic carbocycles. The summed E-state index contributed by atoms with van der Waals surface area (Å²) < 4.78 is 4.76. The third-order valence-corrected chi connectivity index (χ3v) is 2.57. The van der Waals surface area contributed by atoms with Crippen LogP contribution in [0.15, 0.2) is 24.3 Å². The molecule has 0 aromatic heterocycles. The fourth-order valence-electron chi connectivity index (χ4n) is 1.64. The molecule has 2 rings (SSSR count). The zero-order valence-electron chi connectivity index (χ0n) is 9.82. The quantitative estimate of drug-likeness (QED) is 0.701. The van der Waals surface area contributed by atoms with Gasteiger partial charge < -0.3 is 20.7 Å². The Balaban J connectivity index is 1.93. The topological polar surface area (TPSA) is 62.4 Å². The first kappa shape index (κ1) is 11.9. The van der Waals surface area contributed by atoms with E-state index in [1.807, 2.05) is 24.3 Å². The lowest BCUT2D eigenvalue weighted by atomic mass is 10.1. The van der Waals surface area contributed by atoms with Crippen LogP contribution in [0.4, 0.5) is 11.4 Å². The van der Waals surface area contributed by atoms with Crippen molar-refractivity contribution >= 4 is 17.3 Å². The van der Waals surface area contributed by atoms with E-state index in [0.717, 1.165) is 24.5 Å². The molecule has 0 saturated carbocycles. The van der Waals surface area contributed by atoms with E-state index in [2.05, 4.69) is 16.0 Å². The number of hydrogen-bond acceptors (Lipinski definition) is 4. The molecule has 0 aliphatic carbocycles. The molecule has 1 fully saturated rings. The van der Waals surface area contributed by atoms with Gasteiger partial charge in [-0.2, -0.15) is 0 Å². The van der Waals surface area contributed by atoms with Crippen molar-refractivity contribution in [3.63, 3.8) is 0 Å². The molecule has 1 saturated heterocycles. The number of methoxy groups -OCH3 is 1. The second-order valence-electron chi connectivity index (χ2n) is 4.06. The van der Waals surface area contributed by atoms with Crippen LogP contribution in [0, 0.1) is 0 Å². The number of benzene rings is 1. The molecule has 1 heterocycles. The number of anilines is 2. The summed E-state index contributed by atoms with van der Waals surface area (Å²) in [6.45, 7) is 2.05. The second-order valence-corrected chi connectivity index (χ2v) is 4.06. The summed E-state index contributed by atoms with van der Waals surface area (Å²) in [5.41, 5.74) is 1.80. The monoisotopic (exact) mass is 235 g/mol. The highest BCUT2D eigenvalue weighted by Gasteiger charge is 2.15. The number of carbonyl (C=O) groups excluding carboxylic acids is 1. The van der Waals surface area contributed by atoms with Crippen LogP contribution in [0.2, 0.25) is 0 Å². The molecule has 1 aliphatic heterocycles. The maximum atomic E-state index is 11.3. The molecule has 0 unspecified atom stereocenters. The Morgan fingerprint density at radius 2 is 2.24 bits per heavy atom. The van der Waals surface area contributed by atoms with Gasteiger partial charge in [-0.1, -0.05) is 6.07 Å². The zero-order valence-corrected chi connectivity index (χ0v) is 9.82. The van der Waals surface area contributed by atoms with Crippen molar-refractivity contribution in [2.75, 3.05) is 37.4 Å². The van der Waals surface area contributed by atoms with Gasteiger partial charge in [0.2, 0.25) is 5.91 Å². The molecule has 5 heteroatoms. The van der Waals surface area contributed by atoms with Gasteiger partial charge in [0.05, 0.1) is 6.04 Å². The molecule has 0 spiro atoms. The summed E-state index contributed by atoms with van der Waals surface area (Å²) in [5.74, 6) is -0.144. The molecule has 1 aliphatic rings. The second kappa shape index (κ2) is 5.65. The first-order chi connectivity index (χ1) is 8.28. The lowest BCUT2D eigenvalue weighted by molar-refractivity contribution is -0.119. The molecule has 0 atom stereocenters. The van der Waals surface area contributed by atoms with Gasteiger partial charge in [-0.3, -0.25) is 4.79 Å². The Labute approximate surface area is 101 Å². The number of hydrogen-bond donors (Lipinski definition) is 3. The molecule has 1 amide bonds. The normalized spacial score (nSPS) is 15.1. The molecular weight excluding hydrogens is 218 g/mol. The van der Waals surface area contributed by atoms with Crippen LogP contribution in [-0.4, -0.2) is 38.8 Å². The van der Waals surface area contributed by atoms with Crippen LogP contribution >= 0.6 is 0 Å². The van der Waals surface area contributed by atoms with Gasteiger partial charge in [0.25, 0.3) is 0 Å². The van der Waals surface area contributed by atoms with Crippen LogP contribution in [-0.2, 0) is 9.53 Å². The fraction of sp³-hybridized carbons (Fsp3) is 0.417. The predicted molar refractivity (Wildman–Crippen MR) is 67.2 cm³/mol. The predicted octanol–water partition coefficient (Wildman–Crippen LogP) is 0.655. The summed E-state index contributed by atoms with van der Waals surface area (Å²) >= 11 is 0. The Kier molecular flexibility index (Phi) is 3.95. The van der Waals surface area contributed by atoms with Gasteiger partial charge in [-0.05, 0) is 18.2 Å². The smallest absolute Gasteiger partial charge is 0.250 e. The lowest BCUT2D eigenvalue weighted by Crippen LogP contribution is -2.51. The zero-order chi connectivity index (χ0) is 12.1. The van der Waals surface area contributed by atoms with Gasteiger partial charge >= 0.3 is 0 Å². The van der Waals surface area contributed by atoms with Gasteiger partial charge in [-0.25, -0.2) is 0 Å². The highest BCUT2D eigenvalue weighted by Crippen LogP contribution is 2.16. The Hall–Kier alpha value is -1.59. The third-order valence-electron chi connectivity index (χ3n) is 2.57. The highest BCUT2D eigenvalue weighted by molar-refractivity contribution is 5.92. The maximum absolute atomic E-state index is 11.3. The Morgan fingerprint density at radius 1 is 1.47 bits per heavy atom. The minimum atomic E-state index is -0.144. The summed E-state index contributed by atoms with van der Waals surface area (Å²) in [6.07, 6.45) is 0. The number of rotatable bonds is 5. The van der Waals surface area contributed by atoms with E-state index < -0.39 is 0 Å². The van der Waals surface area contributed by atoms with E-state index in [1.54, 1.807) is 0 Å². The van der Waals surface area contributed by atoms with Crippen molar-refractivity contribution in [2.24, 2.45) is 0 Å². The van der Waals surface area contributed by atoms with E-state index in [0.29, 0.717) is 6.04 Å². The van der Waals surface area contributed by atoms with Gasteiger partial charge in [0, 0.05) is 31.6 Å². The summed E-state index contributed by atoms with van der Waals surface area (Å²) in [4.78, 5) is 11.3. The summed E-state index contributed by atoms with van der Waals surface area (Å²) in [5, 5.41) is 9.35. The SMILES string of the molecule is COCC(=O)Nc1cccc(NC2CNC2)c1.